The van der Waals surface area contributed by atoms with Crippen LogP contribution >= 0.6 is 23.1 Å². The Morgan fingerprint density at radius 2 is 2.36 bits per heavy atom. The number of unbranched alkanes of at least 4 members (excludes halogenated alkanes) is 2. The van der Waals surface area contributed by atoms with E-state index >= 15 is 0 Å². The van der Waals surface area contributed by atoms with Gasteiger partial charge in [0, 0.05) is 12.2 Å². The summed E-state index contributed by atoms with van der Waals surface area (Å²) in [6.07, 6.45) is 3.06. The fourth-order valence-corrected chi connectivity index (χ4v) is 2.50. The van der Waals surface area contributed by atoms with Crippen molar-refractivity contribution in [3.05, 3.63) is 5.51 Å². The Morgan fingerprint density at radius 1 is 1.50 bits per heavy atom. The molecule has 4 nitrogen and oxygen atoms in total. The van der Waals surface area contributed by atoms with Crippen LogP contribution in [0.3, 0.4) is 0 Å². The third-order valence-electron chi connectivity index (χ3n) is 1.60. The van der Waals surface area contributed by atoms with E-state index in [1.54, 1.807) is 17.3 Å². The summed E-state index contributed by atoms with van der Waals surface area (Å²) in [6, 6.07) is 0. The van der Waals surface area contributed by atoms with Gasteiger partial charge in [-0.3, -0.25) is 4.79 Å². The molecule has 1 heterocycles. The number of aromatic nitrogens is 2. The second-order valence-electron chi connectivity index (χ2n) is 2.76. The van der Waals surface area contributed by atoms with E-state index in [0.717, 1.165) is 29.4 Å². The molecule has 0 amide bonds. The minimum absolute atomic E-state index is 0.281. The molecule has 0 spiro atoms. The summed E-state index contributed by atoms with van der Waals surface area (Å²) in [6.45, 7) is 0. The quantitative estimate of drug-likeness (QED) is 0.577. The van der Waals surface area contributed by atoms with Crippen LogP contribution in [0.4, 0.5) is 0 Å². The van der Waals surface area contributed by atoms with Crippen molar-refractivity contribution >= 4 is 29.1 Å². The zero-order chi connectivity index (χ0) is 10.2. The number of carboxylic acids is 1. The molecule has 0 saturated heterocycles. The van der Waals surface area contributed by atoms with E-state index in [2.05, 4.69) is 10.2 Å². The van der Waals surface area contributed by atoms with Crippen LogP contribution in [-0.4, -0.2) is 27.0 Å². The SMILES string of the molecule is O=C(O)CCCCCSc1nncs1. The Bertz CT molecular complexity index is 264. The van der Waals surface area contributed by atoms with Gasteiger partial charge in [0.1, 0.15) is 5.51 Å². The topological polar surface area (TPSA) is 63.1 Å². The van der Waals surface area contributed by atoms with Crippen molar-refractivity contribution in [2.75, 3.05) is 5.75 Å². The van der Waals surface area contributed by atoms with Crippen LogP contribution in [0.15, 0.2) is 9.85 Å². The van der Waals surface area contributed by atoms with Gasteiger partial charge in [0.25, 0.3) is 0 Å². The van der Waals surface area contributed by atoms with Gasteiger partial charge in [0.2, 0.25) is 0 Å². The molecular weight excluding hydrogens is 220 g/mol. The number of nitrogens with zero attached hydrogens (tertiary/aromatic N) is 2. The highest BCUT2D eigenvalue weighted by Crippen LogP contribution is 2.20. The van der Waals surface area contributed by atoms with Gasteiger partial charge in [0.05, 0.1) is 0 Å². The first kappa shape index (κ1) is 11.5. The normalized spacial score (nSPS) is 10.3. The molecule has 0 aliphatic carbocycles. The number of hydrogen-bond donors (Lipinski definition) is 1. The van der Waals surface area contributed by atoms with Gasteiger partial charge in [-0.1, -0.05) is 29.5 Å². The third-order valence-corrected chi connectivity index (χ3v) is 3.55. The van der Waals surface area contributed by atoms with Crippen molar-refractivity contribution in [3.8, 4) is 0 Å². The summed E-state index contributed by atoms with van der Waals surface area (Å²) >= 11 is 3.22. The summed E-state index contributed by atoms with van der Waals surface area (Å²) in [7, 11) is 0. The van der Waals surface area contributed by atoms with Crippen LogP contribution in [-0.2, 0) is 4.79 Å². The zero-order valence-electron chi connectivity index (χ0n) is 7.68. The molecular formula is C8H12N2O2S2. The van der Waals surface area contributed by atoms with E-state index in [9.17, 15) is 4.79 Å². The molecule has 0 unspecified atom stereocenters. The molecule has 1 rings (SSSR count). The minimum Gasteiger partial charge on any atom is -0.481 e. The molecule has 0 aliphatic heterocycles. The summed E-state index contributed by atoms with van der Waals surface area (Å²) in [5, 5.41) is 16.0. The maximum absolute atomic E-state index is 10.2. The standard InChI is InChI=1S/C8H12N2O2S2/c11-7(12)4-2-1-3-5-13-8-10-9-6-14-8/h6H,1-5H2,(H,11,12). The van der Waals surface area contributed by atoms with Crippen molar-refractivity contribution in [2.45, 2.75) is 30.0 Å². The number of carbonyl (C=O) groups is 1. The average molecular weight is 232 g/mol. The van der Waals surface area contributed by atoms with Gasteiger partial charge in [-0.2, -0.15) is 0 Å². The molecule has 0 saturated carbocycles. The highest BCUT2D eigenvalue weighted by molar-refractivity contribution is 8.00. The Hall–Kier alpha value is -0.620. The molecule has 0 bridgehead atoms. The predicted octanol–water partition coefficient (Wildman–Crippen LogP) is 2.28. The number of thioether (sulfide) groups is 1. The minimum atomic E-state index is -0.707. The molecule has 78 valence electrons. The van der Waals surface area contributed by atoms with E-state index in [0.29, 0.717) is 0 Å². The van der Waals surface area contributed by atoms with Crippen molar-refractivity contribution in [1.82, 2.24) is 10.2 Å². The van der Waals surface area contributed by atoms with Crippen molar-refractivity contribution in [1.29, 1.82) is 0 Å². The van der Waals surface area contributed by atoms with Crippen LogP contribution in [0.25, 0.3) is 0 Å². The smallest absolute Gasteiger partial charge is 0.303 e. The maximum atomic E-state index is 10.2. The molecule has 1 aromatic rings. The van der Waals surface area contributed by atoms with Gasteiger partial charge in [-0.15, -0.1) is 10.2 Å². The van der Waals surface area contributed by atoms with E-state index in [-0.39, 0.29) is 6.42 Å². The van der Waals surface area contributed by atoms with E-state index < -0.39 is 5.97 Å². The van der Waals surface area contributed by atoms with Crippen LogP contribution in [0.2, 0.25) is 0 Å². The molecule has 0 aliphatic rings. The van der Waals surface area contributed by atoms with Gasteiger partial charge in [-0.05, 0) is 12.8 Å². The number of rotatable bonds is 7. The van der Waals surface area contributed by atoms with E-state index in [4.69, 9.17) is 5.11 Å². The lowest BCUT2D eigenvalue weighted by atomic mass is 10.2. The Morgan fingerprint density at radius 3 is 3.00 bits per heavy atom. The monoisotopic (exact) mass is 232 g/mol. The van der Waals surface area contributed by atoms with Crippen molar-refractivity contribution in [3.63, 3.8) is 0 Å². The average Bonchev–Trinajstić information content (AvgIpc) is 2.63. The lowest BCUT2D eigenvalue weighted by Crippen LogP contribution is -1.93. The summed E-state index contributed by atoms with van der Waals surface area (Å²) in [4.78, 5) is 10.2. The molecule has 1 aromatic heterocycles. The van der Waals surface area contributed by atoms with E-state index in [1.165, 1.54) is 11.3 Å². The number of hydrogen-bond acceptors (Lipinski definition) is 5. The third kappa shape index (κ3) is 5.18. The second-order valence-corrected chi connectivity index (χ2v) is 4.93. The lowest BCUT2D eigenvalue weighted by Gasteiger charge is -1.96. The first-order valence-electron chi connectivity index (χ1n) is 4.40. The number of carboxylic acid groups (broad SMARTS) is 1. The predicted molar refractivity (Wildman–Crippen MR) is 56.7 cm³/mol. The van der Waals surface area contributed by atoms with Crippen molar-refractivity contribution in [2.24, 2.45) is 0 Å². The molecule has 0 radical (unpaired) electrons. The second kappa shape index (κ2) is 6.78. The van der Waals surface area contributed by atoms with Crippen LogP contribution in [0.5, 0.6) is 0 Å². The van der Waals surface area contributed by atoms with Crippen LogP contribution in [0, 0.1) is 0 Å². The molecule has 0 fully saturated rings. The Balaban J connectivity index is 1.92. The first-order chi connectivity index (χ1) is 6.79. The summed E-state index contributed by atoms with van der Waals surface area (Å²) in [5.74, 6) is 0.288. The molecule has 0 aromatic carbocycles. The number of aliphatic carboxylic acids is 1. The fourth-order valence-electron chi connectivity index (χ4n) is 0.940. The first-order valence-corrected chi connectivity index (χ1v) is 6.26. The van der Waals surface area contributed by atoms with E-state index in [1.807, 2.05) is 0 Å². The van der Waals surface area contributed by atoms with Crippen LogP contribution in [0.1, 0.15) is 25.7 Å². The van der Waals surface area contributed by atoms with Crippen molar-refractivity contribution < 1.29 is 9.90 Å². The zero-order valence-corrected chi connectivity index (χ0v) is 9.31. The van der Waals surface area contributed by atoms with Crippen LogP contribution < -0.4 is 0 Å². The molecule has 14 heavy (non-hydrogen) atoms. The summed E-state index contributed by atoms with van der Waals surface area (Å²) in [5.41, 5.74) is 1.72. The Labute approximate surface area is 90.7 Å². The fraction of sp³-hybridized carbons (Fsp3) is 0.625. The Kier molecular flexibility index (Phi) is 5.55. The maximum Gasteiger partial charge on any atom is 0.303 e. The van der Waals surface area contributed by atoms with Gasteiger partial charge >= 0.3 is 5.97 Å². The highest BCUT2D eigenvalue weighted by Gasteiger charge is 1.99. The largest absolute Gasteiger partial charge is 0.481 e. The van der Waals surface area contributed by atoms with Gasteiger partial charge in [0.15, 0.2) is 4.34 Å². The molecule has 6 heteroatoms. The molecule has 1 N–H and O–H groups in total. The van der Waals surface area contributed by atoms with Gasteiger partial charge in [-0.25, -0.2) is 0 Å². The highest BCUT2D eigenvalue weighted by atomic mass is 32.2. The summed E-state index contributed by atoms with van der Waals surface area (Å²) < 4.78 is 0.989. The van der Waals surface area contributed by atoms with Gasteiger partial charge < -0.3 is 5.11 Å². The molecule has 0 atom stereocenters. The lowest BCUT2D eigenvalue weighted by molar-refractivity contribution is -0.137.